The molecule has 690 valence electrons. The minimum Gasteiger partial charge on any atom is -0.456 e. The summed E-state index contributed by atoms with van der Waals surface area (Å²) in [4.78, 5) is 48.1. The number of furan rings is 1. The van der Waals surface area contributed by atoms with Gasteiger partial charge in [-0.2, -0.15) is 0 Å². The molecule has 21 aromatic carbocycles. The first-order valence-electron chi connectivity index (χ1n) is 49.5. The molecule has 0 spiro atoms. The van der Waals surface area contributed by atoms with E-state index in [0.717, 1.165) is 154 Å². The zero-order valence-corrected chi connectivity index (χ0v) is 81.9. The Morgan fingerprint density at radius 3 is 0.804 bits per heavy atom. The van der Waals surface area contributed by atoms with Crippen molar-refractivity contribution in [3.8, 4) is 214 Å². The number of rotatable bonds is 19. The van der Waals surface area contributed by atoms with Gasteiger partial charge in [-0.05, 0) is 196 Å². The molecule has 10 nitrogen and oxygen atoms in total. The van der Waals surface area contributed by atoms with Gasteiger partial charge in [-0.15, -0.1) is 34.0 Å². The molecule has 0 fully saturated rings. The molecule has 148 heavy (non-hydrogen) atoms. The summed E-state index contributed by atoms with van der Waals surface area (Å²) >= 11 is 5.43. The maximum atomic E-state index is 6.38. The van der Waals surface area contributed by atoms with Crippen molar-refractivity contribution in [1.29, 1.82) is 0 Å². The molecule has 0 aliphatic carbocycles. The van der Waals surface area contributed by atoms with Crippen LogP contribution in [0.2, 0.25) is 0 Å². The van der Waals surface area contributed by atoms with E-state index >= 15 is 0 Å². The zero-order valence-electron chi connectivity index (χ0n) is 79.4. The van der Waals surface area contributed by atoms with E-state index in [4.69, 9.17) is 49.3 Å². The first kappa shape index (κ1) is 86.9. The standard InChI is InChI=1S/C135H81N9OS3/c1-5-24-82(25-6-1)84-50-52-89(53-51-84)100-70-73-118-113(79-100)125-107(42-22-48-121(125)147-118)106-38-13-14-39-108(106)133-140-127(91-28-9-3-10-29-91)136-131(141-133)95-66-60-86(61-67-95)85-58-64-93(65-59-85)129-137-130(139-132(138-129)104-37-19-36-103(78-104)105-41-21-47-120-124(105)112-81-102(72-75-117(112)146-120)99-35-18-32-96(77-99)83-26-7-2-8-27-83)94-68-62-88(63-69-94)98-34-17-33-97(76-98)87-54-56-90(57-55-87)101-71-74-119-114(80-101)126-111(44-23-49-122(126)148-119)135-143-128(92-30-11-4-12-31-92)142-134(144-135)110-43-20-46-116-123(110)109-40-15-16-45-115(109)145-116/h1-81H. The first-order valence-corrected chi connectivity index (χ1v) is 51.9. The van der Waals surface area contributed by atoms with Gasteiger partial charge in [-0.3, -0.25) is 0 Å². The molecule has 0 N–H and O–H groups in total. The quantitative estimate of drug-likeness (QED) is 0.0771. The fourth-order valence-electron chi connectivity index (χ4n) is 21.0. The van der Waals surface area contributed by atoms with Gasteiger partial charge in [0.05, 0.1) is 0 Å². The number of benzene rings is 21. The maximum absolute atomic E-state index is 6.38. The molecule has 7 aromatic heterocycles. The van der Waals surface area contributed by atoms with Crippen LogP contribution in [0.25, 0.3) is 296 Å². The summed E-state index contributed by atoms with van der Waals surface area (Å²) in [5.41, 5.74) is 32.0. The van der Waals surface area contributed by atoms with E-state index in [2.05, 4.69) is 425 Å². The summed E-state index contributed by atoms with van der Waals surface area (Å²) in [5.74, 6) is 5.20. The van der Waals surface area contributed by atoms with Crippen molar-refractivity contribution in [2.45, 2.75) is 0 Å². The minimum atomic E-state index is 0.550. The molecule has 0 bridgehead atoms. The highest BCUT2D eigenvalue weighted by Crippen LogP contribution is 2.50. The van der Waals surface area contributed by atoms with Crippen LogP contribution >= 0.6 is 34.0 Å². The largest absolute Gasteiger partial charge is 0.456 e. The third kappa shape index (κ3) is 16.1. The van der Waals surface area contributed by atoms with Crippen molar-refractivity contribution in [1.82, 2.24) is 44.9 Å². The topological polar surface area (TPSA) is 129 Å². The Hall–Kier alpha value is -18.9. The van der Waals surface area contributed by atoms with Crippen LogP contribution in [0, 0.1) is 0 Å². The number of aromatic nitrogens is 9. The van der Waals surface area contributed by atoms with Gasteiger partial charge in [0.15, 0.2) is 52.4 Å². The lowest BCUT2D eigenvalue weighted by molar-refractivity contribution is 0.669. The summed E-state index contributed by atoms with van der Waals surface area (Å²) in [5, 5.41) is 9.09. The highest BCUT2D eigenvalue weighted by atomic mass is 32.1. The Labute approximate surface area is 864 Å². The van der Waals surface area contributed by atoms with Crippen molar-refractivity contribution >= 4 is 116 Å². The average Bonchev–Trinajstić information content (AvgIpc) is 1.59. The average molecular weight is 1940 g/mol. The van der Waals surface area contributed by atoms with E-state index in [1.165, 1.54) is 89.6 Å². The van der Waals surface area contributed by atoms with Gasteiger partial charge < -0.3 is 4.42 Å². The number of thiophene rings is 3. The molecule has 0 aliphatic heterocycles. The number of para-hydroxylation sites is 1. The van der Waals surface area contributed by atoms with Crippen LogP contribution in [0.1, 0.15) is 0 Å². The Balaban J connectivity index is 0.491. The summed E-state index contributed by atoms with van der Waals surface area (Å²) in [6.45, 7) is 0. The van der Waals surface area contributed by atoms with E-state index in [1.54, 1.807) is 11.3 Å². The lowest BCUT2D eigenvalue weighted by Gasteiger charge is -2.13. The molecule has 0 radical (unpaired) electrons. The van der Waals surface area contributed by atoms with E-state index in [0.29, 0.717) is 52.4 Å². The van der Waals surface area contributed by atoms with Gasteiger partial charge in [-0.25, -0.2) is 44.9 Å². The molecule has 0 amide bonds. The van der Waals surface area contributed by atoms with Crippen LogP contribution < -0.4 is 0 Å². The smallest absolute Gasteiger partial charge is 0.164 e. The lowest BCUT2D eigenvalue weighted by atomic mass is 9.94. The van der Waals surface area contributed by atoms with Crippen LogP contribution in [0.3, 0.4) is 0 Å². The normalized spacial score (nSPS) is 11.6. The summed E-state index contributed by atoms with van der Waals surface area (Å²) in [6, 6.07) is 175. The predicted molar refractivity (Wildman–Crippen MR) is 616 cm³/mol. The van der Waals surface area contributed by atoms with Crippen LogP contribution in [-0.2, 0) is 0 Å². The SMILES string of the molecule is c1ccc(-c2ccc(-c3ccc4sc5cccc(-c6ccccc6-c6nc(-c7ccccc7)nc(-c7ccc(-c8ccc(-c9nc(-c%10ccc(-c%11cccc(-c%12ccc(-c%13ccc%14sc%15cccc(-c%16nc(-c%17ccccc%17)nc(-c%17cccc%18oc%19ccccc%19c%17%18)n%16)c%15c%14c%13)cc%12)c%11)cc%10)nc(-c%10cccc(-c%11cccc%12sc%13ccc(-c%14cccc(-c%15ccccc%15)c%14)cc%13c%11%12)c%10)n9)cc8)cc7)n6)c5c4c3)cc2)cc1. The van der Waals surface area contributed by atoms with E-state index in [1.807, 2.05) is 89.4 Å². The summed E-state index contributed by atoms with van der Waals surface area (Å²) in [7, 11) is 0. The van der Waals surface area contributed by atoms with Crippen LogP contribution in [-0.4, -0.2) is 44.9 Å². The number of nitrogens with zero attached hydrogens (tertiary/aromatic N) is 9. The summed E-state index contributed by atoms with van der Waals surface area (Å²) in [6.07, 6.45) is 0. The maximum Gasteiger partial charge on any atom is 0.164 e. The van der Waals surface area contributed by atoms with Gasteiger partial charge in [0.1, 0.15) is 11.2 Å². The predicted octanol–water partition coefficient (Wildman–Crippen LogP) is 36.9. The van der Waals surface area contributed by atoms with Crippen LogP contribution in [0.15, 0.2) is 496 Å². The van der Waals surface area contributed by atoms with Crippen molar-refractivity contribution in [2.24, 2.45) is 0 Å². The fraction of sp³-hybridized carbons (Fsp3) is 0. The highest BCUT2D eigenvalue weighted by molar-refractivity contribution is 7.26. The molecule has 28 rings (SSSR count). The third-order valence-electron chi connectivity index (χ3n) is 28.4. The van der Waals surface area contributed by atoms with E-state index in [-0.39, 0.29) is 0 Å². The molecule has 0 saturated heterocycles. The van der Waals surface area contributed by atoms with E-state index < -0.39 is 0 Å². The molecule has 13 heteroatoms. The van der Waals surface area contributed by atoms with Crippen LogP contribution in [0.4, 0.5) is 0 Å². The second-order valence-corrected chi connectivity index (χ2v) is 40.6. The second-order valence-electron chi connectivity index (χ2n) is 37.3. The molecular weight excluding hydrogens is 1860 g/mol. The van der Waals surface area contributed by atoms with Crippen molar-refractivity contribution < 1.29 is 4.42 Å². The number of fused-ring (bicyclic) bond motifs is 12. The van der Waals surface area contributed by atoms with Crippen molar-refractivity contribution in [3.63, 3.8) is 0 Å². The Morgan fingerprint density at radius 1 is 0.122 bits per heavy atom. The highest BCUT2D eigenvalue weighted by Gasteiger charge is 2.26. The molecule has 28 aromatic rings. The zero-order chi connectivity index (χ0) is 97.6. The molecule has 0 atom stereocenters. The molecule has 0 saturated carbocycles. The fourth-order valence-corrected chi connectivity index (χ4v) is 24.3. The van der Waals surface area contributed by atoms with Gasteiger partial charge >= 0.3 is 0 Å². The van der Waals surface area contributed by atoms with Crippen molar-refractivity contribution in [2.75, 3.05) is 0 Å². The molecule has 0 aliphatic rings. The Morgan fingerprint density at radius 2 is 0.358 bits per heavy atom. The number of hydrogen-bond acceptors (Lipinski definition) is 13. The Bertz CT molecular complexity index is 10100. The Kier molecular flexibility index (Phi) is 21.6. The second kappa shape index (κ2) is 36.8. The van der Waals surface area contributed by atoms with Gasteiger partial charge in [0, 0.05) is 121 Å². The monoisotopic (exact) mass is 1940 g/mol. The van der Waals surface area contributed by atoms with Crippen molar-refractivity contribution in [3.05, 3.63) is 491 Å². The minimum absolute atomic E-state index is 0.550. The van der Waals surface area contributed by atoms with Gasteiger partial charge in [0.25, 0.3) is 0 Å². The molecule has 0 unspecified atom stereocenters. The first-order chi connectivity index (χ1) is 73.2. The molecular formula is C135H81N9OS3. The lowest BCUT2D eigenvalue weighted by Crippen LogP contribution is -2.01. The summed E-state index contributed by atoms with van der Waals surface area (Å²) < 4.78 is 13.6. The van der Waals surface area contributed by atoms with Gasteiger partial charge in [0.2, 0.25) is 0 Å². The number of hydrogen-bond donors (Lipinski definition) is 0. The van der Waals surface area contributed by atoms with Crippen LogP contribution in [0.5, 0.6) is 0 Å². The van der Waals surface area contributed by atoms with E-state index in [9.17, 15) is 0 Å². The van der Waals surface area contributed by atoms with Gasteiger partial charge in [-0.1, -0.05) is 406 Å². The third-order valence-corrected chi connectivity index (χ3v) is 31.8. The molecule has 7 heterocycles.